The molecule has 2 aromatic carbocycles. The average Bonchev–Trinajstić information content (AvgIpc) is 2.92. The molecule has 1 amide bonds. The van der Waals surface area contributed by atoms with Crippen molar-refractivity contribution >= 4 is 29.1 Å². The molecule has 2 aromatic rings. The number of nitrogens with one attached hydrogen (secondary N) is 1. The highest BCUT2D eigenvalue weighted by Gasteiger charge is 2.34. The highest BCUT2D eigenvalue weighted by atomic mass is 16.5. The van der Waals surface area contributed by atoms with Gasteiger partial charge >= 0.3 is 5.97 Å². The van der Waals surface area contributed by atoms with E-state index in [9.17, 15) is 19.2 Å². The number of ether oxygens (including phenoxy) is 6. The van der Waals surface area contributed by atoms with Crippen molar-refractivity contribution in [3.63, 3.8) is 0 Å². The lowest BCUT2D eigenvalue weighted by molar-refractivity contribution is -0.131. The van der Waals surface area contributed by atoms with Crippen molar-refractivity contribution < 1.29 is 47.6 Å². The van der Waals surface area contributed by atoms with Gasteiger partial charge in [-0.15, -0.1) is 0 Å². The fraction of sp³-hybridized carbons (Fsp3) is 0.286. The van der Waals surface area contributed by atoms with Crippen LogP contribution in [0.2, 0.25) is 0 Å². The predicted molar refractivity (Wildman–Crippen MR) is 139 cm³/mol. The van der Waals surface area contributed by atoms with Crippen molar-refractivity contribution in [2.75, 3.05) is 40.9 Å². The maximum atomic E-state index is 13.4. The van der Waals surface area contributed by atoms with Crippen molar-refractivity contribution in [1.82, 2.24) is 0 Å². The molecule has 0 atom stereocenters. The van der Waals surface area contributed by atoms with Crippen molar-refractivity contribution in [2.45, 2.75) is 20.3 Å². The van der Waals surface area contributed by atoms with E-state index in [2.05, 4.69) is 5.32 Å². The van der Waals surface area contributed by atoms with Gasteiger partial charge in [0.05, 0.1) is 41.1 Å². The number of carbonyl (C=O) groups is 4. The van der Waals surface area contributed by atoms with Crippen LogP contribution >= 0.6 is 0 Å². The molecule has 39 heavy (non-hydrogen) atoms. The summed E-state index contributed by atoms with van der Waals surface area (Å²) in [6.45, 7) is 2.73. The highest BCUT2D eigenvalue weighted by Crippen LogP contribution is 2.40. The topological polar surface area (TPSA) is 136 Å². The third kappa shape index (κ3) is 5.87. The number of esters is 1. The summed E-state index contributed by atoms with van der Waals surface area (Å²) in [4.78, 5) is 50.9. The van der Waals surface area contributed by atoms with Crippen molar-refractivity contribution in [2.24, 2.45) is 0 Å². The SMILES string of the molecule is COC1=C(OC)C(=O)C(Cc2ccc(OC(C)=O)c(C(=O)Nc3cc(OC)c(OC)c(OC)c3)c2)=C(C)C1=O. The Morgan fingerprint density at radius 2 is 1.36 bits per heavy atom. The van der Waals surface area contributed by atoms with E-state index < -0.39 is 23.4 Å². The number of hydrogen-bond donors (Lipinski definition) is 1. The Hall–Kier alpha value is -4.80. The molecule has 206 valence electrons. The molecule has 0 spiro atoms. The summed E-state index contributed by atoms with van der Waals surface area (Å²) in [5, 5.41) is 2.73. The van der Waals surface area contributed by atoms with Gasteiger partial charge in [-0.2, -0.15) is 0 Å². The van der Waals surface area contributed by atoms with E-state index in [1.54, 1.807) is 18.2 Å². The molecular formula is C28H29NO10. The quantitative estimate of drug-likeness (QED) is 0.272. The molecule has 1 aliphatic carbocycles. The van der Waals surface area contributed by atoms with Gasteiger partial charge in [0.15, 0.2) is 11.5 Å². The molecule has 1 aliphatic rings. The minimum Gasteiger partial charge on any atom is -0.493 e. The van der Waals surface area contributed by atoms with Crippen LogP contribution in [0.1, 0.15) is 29.8 Å². The molecule has 0 fully saturated rings. The van der Waals surface area contributed by atoms with Crippen molar-refractivity contribution in [1.29, 1.82) is 0 Å². The van der Waals surface area contributed by atoms with Gasteiger partial charge in [-0.25, -0.2) is 0 Å². The van der Waals surface area contributed by atoms with Crippen LogP contribution in [0.4, 0.5) is 5.69 Å². The fourth-order valence-electron chi connectivity index (χ4n) is 4.07. The molecule has 11 heteroatoms. The second-order valence-electron chi connectivity index (χ2n) is 8.30. The van der Waals surface area contributed by atoms with E-state index in [0.717, 1.165) is 0 Å². The van der Waals surface area contributed by atoms with Crippen LogP contribution in [0.3, 0.4) is 0 Å². The largest absolute Gasteiger partial charge is 0.493 e. The van der Waals surface area contributed by atoms with Gasteiger partial charge in [-0.1, -0.05) is 6.07 Å². The first-order valence-electron chi connectivity index (χ1n) is 11.6. The number of carbonyl (C=O) groups excluding carboxylic acids is 4. The normalized spacial score (nSPS) is 13.2. The van der Waals surface area contributed by atoms with Gasteiger partial charge in [0.25, 0.3) is 5.91 Å². The number of rotatable bonds is 10. The Labute approximate surface area is 225 Å². The van der Waals surface area contributed by atoms with E-state index in [1.807, 2.05) is 0 Å². The van der Waals surface area contributed by atoms with Gasteiger partial charge in [0.1, 0.15) is 5.75 Å². The highest BCUT2D eigenvalue weighted by molar-refractivity contribution is 6.23. The summed E-state index contributed by atoms with van der Waals surface area (Å²) in [5.74, 6) is -1.58. The zero-order valence-corrected chi connectivity index (χ0v) is 22.7. The molecule has 3 rings (SSSR count). The van der Waals surface area contributed by atoms with Crippen molar-refractivity contribution in [3.05, 3.63) is 64.1 Å². The zero-order chi connectivity index (χ0) is 28.9. The summed E-state index contributed by atoms with van der Waals surface area (Å²) in [6.07, 6.45) is 0.00503. The Balaban J connectivity index is 2.01. The zero-order valence-electron chi connectivity index (χ0n) is 22.7. The average molecular weight is 540 g/mol. The molecule has 0 aliphatic heterocycles. The monoisotopic (exact) mass is 539 g/mol. The molecule has 0 aromatic heterocycles. The summed E-state index contributed by atoms with van der Waals surface area (Å²) in [5.41, 5.74) is 1.23. The standard InChI is InChI=1S/C28H29NO10/c1-14-18(24(32)27(38-7)26(37-6)23(14)31)10-16-8-9-20(39-15(2)30)19(11-16)28(33)29-17-12-21(34-3)25(36-5)22(13-17)35-4/h8-9,11-13H,10H2,1-7H3,(H,29,33). The van der Waals surface area contributed by atoms with E-state index in [4.69, 9.17) is 28.4 Å². The minimum atomic E-state index is -0.627. The first-order valence-corrected chi connectivity index (χ1v) is 11.6. The molecule has 1 N–H and O–H groups in total. The lowest BCUT2D eigenvalue weighted by Gasteiger charge is -2.20. The first-order chi connectivity index (χ1) is 18.6. The first kappa shape index (κ1) is 28.8. The van der Waals surface area contributed by atoms with Gasteiger partial charge in [-0.05, 0) is 24.6 Å². The van der Waals surface area contributed by atoms with Gasteiger partial charge in [0, 0.05) is 42.3 Å². The molecular weight excluding hydrogens is 510 g/mol. The third-order valence-electron chi connectivity index (χ3n) is 5.94. The maximum absolute atomic E-state index is 13.4. The number of hydrogen-bond acceptors (Lipinski definition) is 10. The van der Waals surface area contributed by atoms with Crippen LogP contribution < -0.4 is 24.3 Å². The lowest BCUT2D eigenvalue weighted by Crippen LogP contribution is -2.26. The summed E-state index contributed by atoms with van der Waals surface area (Å²) in [6, 6.07) is 7.60. The molecule has 0 unspecified atom stereocenters. The molecule has 0 radical (unpaired) electrons. The van der Waals surface area contributed by atoms with E-state index in [1.165, 1.54) is 61.5 Å². The van der Waals surface area contributed by atoms with Crippen LogP contribution in [0.5, 0.6) is 23.0 Å². The maximum Gasteiger partial charge on any atom is 0.308 e. The Kier molecular flexibility index (Phi) is 8.97. The molecule has 0 saturated carbocycles. The Morgan fingerprint density at radius 3 is 1.87 bits per heavy atom. The summed E-state index contributed by atoms with van der Waals surface area (Å²) < 4.78 is 31.5. The smallest absolute Gasteiger partial charge is 0.308 e. The number of amides is 1. The number of allylic oxidation sites excluding steroid dienone is 2. The second-order valence-corrected chi connectivity index (χ2v) is 8.30. The van der Waals surface area contributed by atoms with Crippen molar-refractivity contribution in [3.8, 4) is 23.0 Å². The lowest BCUT2D eigenvalue weighted by atomic mass is 9.88. The minimum absolute atomic E-state index is 0.00503. The fourth-order valence-corrected chi connectivity index (χ4v) is 4.07. The molecule has 0 saturated heterocycles. The number of benzene rings is 2. The van der Waals surface area contributed by atoms with Crippen LogP contribution in [-0.2, 0) is 30.3 Å². The van der Waals surface area contributed by atoms with E-state index in [0.29, 0.717) is 28.5 Å². The van der Waals surface area contributed by atoms with Crippen LogP contribution in [0.25, 0.3) is 0 Å². The van der Waals surface area contributed by atoms with Crippen LogP contribution in [0.15, 0.2) is 53.0 Å². The van der Waals surface area contributed by atoms with E-state index >= 15 is 0 Å². The van der Waals surface area contributed by atoms with Gasteiger partial charge in [-0.3, -0.25) is 19.2 Å². The van der Waals surface area contributed by atoms with Crippen LogP contribution in [0, 0.1) is 0 Å². The Bertz CT molecular complexity index is 1380. The van der Waals surface area contributed by atoms with Gasteiger partial charge < -0.3 is 33.7 Å². The second kappa shape index (κ2) is 12.2. The molecule has 0 heterocycles. The molecule has 11 nitrogen and oxygen atoms in total. The third-order valence-corrected chi connectivity index (χ3v) is 5.94. The summed E-state index contributed by atoms with van der Waals surface area (Å²) in [7, 11) is 6.90. The number of methoxy groups -OCH3 is 5. The van der Waals surface area contributed by atoms with E-state index in [-0.39, 0.29) is 40.4 Å². The van der Waals surface area contributed by atoms with Gasteiger partial charge in [0.2, 0.25) is 28.8 Å². The summed E-state index contributed by atoms with van der Waals surface area (Å²) >= 11 is 0. The predicted octanol–water partition coefficient (Wildman–Crippen LogP) is 3.41. The number of anilines is 1. The van der Waals surface area contributed by atoms with Crippen LogP contribution in [-0.4, -0.2) is 59.0 Å². The molecule has 0 bridgehead atoms. The Morgan fingerprint density at radius 1 is 0.769 bits per heavy atom. The number of Topliss-reactive ketones (excluding diaryl/α,β-unsaturated/α-hetero) is 2. The number of ketones is 2.